The van der Waals surface area contributed by atoms with Crippen LogP contribution in [-0.2, 0) is 6.18 Å². The molecular weight excluding hydrogens is 343 g/mol. The molecule has 0 saturated carbocycles. The van der Waals surface area contributed by atoms with Gasteiger partial charge in [-0.05, 0) is 49.9 Å². The van der Waals surface area contributed by atoms with E-state index in [1.807, 2.05) is 12.1 Å². The largest absolute Gasteiger partial charge is 0.421 e. The third-order valence-electron chi connectivity index (χ3n) is 4.76. The third kappa shape index (κ3) is 3.09. The first-order chi connectivity index (χ1) is 12.3. The molecule has 2 aliphatic heterocycles. The van der Waals surface area contributed by atoms with Crippen LogP contribution < -0.4 is 16.0 Å². The zero-order valence-electron chi connectivity index (χ0n) is 14.5. The van der Waals surface area contributed by atoms with Gasteiger partial charge in [0.1, 0.15) is 11.4 Å². The maximum atomic E-state index is 13.1. The lowest BCUT2D eigenvalue weighted by Crippen LogP contribution is -2.18. The summed E-state index contributed by atoms with van der Waals surface area (Å²) in [7, 11) is 0. The molecule has 8 heteroatoms. The lowest BCUT2D eigenvalue weighted by molar-refractivity contribution is -0.137. The topological polar surface area (TPSA) is 61.9 Å². The van der Waals surface area contributed by atoms with E-state index in [4.69, 9.17) is 0 Å². The third-order valence-corrected chi connectivity index (χ3v) is 4.76. The van der Waals surface area contributed by atoms with Gasteiger partial charge in [0.25, 0.3) is 0 Å². The number of hydrogen-bond acceptors (Lipinski definition) is 5. The Morgan fingerprint density at radius 1 is 1.15 bits per heavy atom. The van der Waals surface area contributed by atoms with E-state index in [-0.39, 0.29) is 17.8 Å². The van der Waals surface area contributed by atoms with Crippen molar-refractivity contribution < 1.29 is 13.2 Å². The number of nitrogens with one attached hydrogen (secondary N) is 3. The molecule has 1 fully saturated rings. The molecule has 2 aliphatic rings. The van der Waals surface area contributed by atoms with Gasteiger partial charge in [0, 0.05) is 30.0 Å². The summed E-state index contributed by atoms with van der Waals surface area (Å²) in [6.45, 7) is 3.52. The van der Waals surface area contributed by atoms with Crippen LogP contribution >= 0.6 is 0 Å². The van der Waals surface area contributed by atoms with E-state index in [2.05, 4.69) is 32.0 Å². The van der Waals surface area contributed by atoms with Crippen molar-refractivity contribution in [3.05, 3.63) is 41.1 Å². The van der Waals surface area contributed by atoms with Crippen LogP contribution in [0.5, 0.6) is 0 Å². The van der Waals surface area contributed by atoms with Gasteiger partial charge in [-0.25, -0.2) is 4.98 Å². The summed E-state index contributed by atoms with van der Waals surface area (Å²) in [5.74, 6) is -0.0795. The fourth-order valence-electron chi connectivity index (χ4n) is 3.67. The van der Waals surface area contributed by atoms with Gasteiger partial charge in [0.2, 0.25) is 5.95 Å². The van der Waals surface area contributed by atoms with Crippen LogP contribution in [0.2, 0.25) is 0 Å². The molecule has 0 amide bonds. The summed E-state index contributed by atoms with van der Waals surface area (Å²) < 4.78 is 39.4. The van der Waals surface area contributed by atoms with Crippen molar-refractivity contribution in [1.29, 1.82) is 0 Å². The van der Waals surface area contributed by atoms with Gasteiger partial charge in [-0.3, -0.25) is 0 Å². The monoisotopic (exact) mass is 363 g/mol. The second-order valence-corrected chi connectivity index (χ2v) is 7.07. The Morgan fingerprint density at radius 2 is 1.88 bits per heavy atom. The minimum Gasteiger partial charge on any atom is -0.367 e. The number of benzene rings is 1. The Morgan fingerprint density at radius 3 is 2.58 bits per heavy atom. The Hall–Kier alpha value is -2.35. The van der Waals surface area contributed by atoms with Crippen LogP contribution in [0.15, 0.2) is 24.4 Å². The first kappa shape index (κ1) is 17.1. The Bertz CT molecular complexity index is 834. The molecule has 1 aromatic carbocycles. The maximum Gasteiger partial charge on any atom is 0.421 e. The number of anilines is 3. The lowest BCUT2D eigenvalue weighted by Gasteiger charge is -2.17. The van der Waals surface area contributed by atoms with Crippen molar-refractivity contribution in [3.63, 3.8) is 0 Å². The smallest absolute Gasteiger partial charge is 0.367 e. The molecule has 5 nitrogen and oxygen atoms in total. The van der Waals surface area contributed by atoms with Crippen molar-refractivity contribution in [1.82, 2.24) is 15.3 Å². The Labute approximate surface area is 149 Å². The molecule has 2 bridgehead atoms. The van der Waals surface area contributed by atoms with E-state index >= 15 is 0 Å². The molecule has 3 heterocycles. The van der Waals surface area contributed by atoms with Crippen LogP contribution in [0.1, 0.15) is 55.5 Å². The van der Waals surface area contributed by atoms with E-state index < -0.39 is 11.7 Å². The summed E-state index contributed by atoms with van der Waals surface area (Å²) in [5.41, 5.74) is 2.46. The van der Waals surface area contributed by atoms with E-state index in [0.717, 1.165) is 24.7 Å². The van der Waals surface area contributed by atoms with Crippen molar-refractivity contribution >= 4 is 17.5 Å². The summed E-state index contributed by atoms with van der Waals surface area (Å²) >= 11 is 0. The molecule has 0 spiro atoms. The number of halogens is 3. The zero-order chi connectivity index (χ0) is 18.5. The molecule has 2 aromatic rings. The molecule has 0 aliphatic carbocycles. The highest BCUT2D eigenvalue weighted by molar-refractivity contribution is 5.60. The average molecular weight is 363 g/mol. The van der Waals surface area contributed by atoms with Crippen LogP contribution in [-0.4, -0.2) is 16.0 Å². The predicted octanol–water partition coefficient (Wildman–Crippen LogP) is 4.54. The predicted molar refractivity (Wildman–Crippen MR) is 93.4 cm³/mol. The van der Waals surface area contributed by atoms with Gasteiger partial charge >= 0.3 is 6.18 Å². The molecule has 0 radical (unpaired) electrons. The molecule has 26 heavy (non-hydrogen) atoms. The van der Waals surface area contributed by atoms with Crippen molar-refractivity contribution in [3.8, 4) is 0 Å². The quantitative estimate of drug-likeness (QED) is 0.745. The van der Waals surface area contributed by atoms with Crippen molar-refractivity contribution in [2.24, 2.45) is 0 Å². The zero-order valence-corrected chi connectivity index (χ0v) is 14.5. The number of alkyl halides is 3. The summed E-state index contributed by atoms with van der Waals surface area (Å²) in [6.07, 6.45) is -1.43. The first-order valence-electron chi connectivity index (χ1n) is 8.69. The number of hydrogen-bond donors (Lipinski definition) is 3. The average Bonchev–Trinajstić information content (AvgIpc) is 3.15. The second kappa shape index (κ2) is 6.12. The van der Waals surface area contributed by atoms with Crippen LogP contribution in [0.3, 0.4) is 0 Å². The number of nitrogens with zero attached hydrogens (tertiary/aromatic N) is 2. The molecule has 0 unspecified atom stereocenters. The second-order valence-electron chi connectivity index (χ2n) is 7.07. The van der Waals surface area contributed by atoms with Gasteiger partial charge in [-0.2, -0.15) is 18.2 Å². The van der Waals surface area contributed by atoms with Crippen LogP contribution in [0.25, 0.3) is 0 Å². The minimum atomic E-state index is -4.51. The van der Waals surface area contributed by atoms with E-state index in [1.165, 1.54) is 11.1 Å². The number of rotatable bonds is 4. The van der Waals surface area contributed by atoms with Gasteiger partial charge in [-0.1, -0.05) is 6.07 Å². The van der Waals surface area contributed by atoms with Gasteiger partial charge in [-0.15, -0.1) is 0 Å². The van der Waals surface area contributed by atoms with Crippen LogP contribution in [0, 0.1) is 0 Å². The minimum absolute atomic E-state index is 0.136. The maximum absolute atomic E-state index is 13.1. The summed E-state index contributed by atoms with van der Waals surface area (Å²) in [6, 6.07) is 6.61. The molecule has 4 rings (SSSR count). The standard InChI is InChI=1S/C18H20F3N5/c1-9(2)23-16-13(18(19,20)21)8-22-17(26-16)24-10-3-4-11-12(7-10)15-6-5-14(11)25-15/h3-4,7-9,14-15,25H,5-6H2,1-2H3,(H2,22,23,24,26)/t14-,15+/m0/s1. The lowest BCUT2D eigenvalue weighted by atomic mass is 9.91. The Kier molecular flexibility index (Phi) is 4.02. The molecule has 1 saturated heterocycles. The Balaban J connectivity index is 1.62. The SMILES string of the molecule is CC(C)Nc1nc(Nc2ccc3c(c2)[C@H]2CC[C@@H]3N2)ncc1C(F)(F)F. The molecule has 138 valence electrons. The first-order valence-corrected chi connectivity index (χ1v) is 8.69. The molecular formula is C18H20F3N5. The highest BCUT2D eigenvalue weighted by Gasteiger charge is 2.37. The highest BCUT2D eigenvalue weighted by atomic mass is 19.4. The number of aromatic nitrogens is 2. The van der Waals surface area contributed by atoms with Crippen molar-refractivity contribution in [2.45, 2.75) is 51.0 Å². The van der Waals surface area contributed by atoms with Gasteiger partial charge < -0.3 is 16.0 Å². The van der Waals surface area contributed by atoms with E-state index in [0.29, 0.717) is 12.1 Å². The van der Waals surface area contributed by atoms with Gasteiger partial charge in [0.15, 0.2) is 0 Å². The van der Waals surface area contributed by atoms with E-state index in [1.54, 1.807) is 13.8 Å². The molecule has 2 atom stereocenters. The van der Waals surface area contributed by atoms with E-state index in [9.17, 15) is 13.2 Å². The number of fused-ring (bicyclic) bond motifs is 5. The summed E-state index contributed by atoms with van der Waals surface area (Å²) in [5, 5.41) is 9.32. The fraction of sp³-hybridized carbons (Fsp3) is 0.444. The highest BCUT2D eigenvalue weighted by Crippen LogP contribution is 2.45. The van der Waals surface area contributed by atoms with Crippen molar-refractivity contribution in [2.75, 3.05) is 10.6 Å². The summed E-state index contributed by atoms with van der Waals surface area (Å²) in [4.78, 5) is 7.90. The van der Waals surface area contributed by atoms with Gasteiger partial charge in [0.05, 0.1) is 0 Å². The van der Waals surface area contributed by atoms with Crippen LogP contribution in [0.4, 0.5) is 30.6 Å². The fourth-order valence-corrected chi connectivity index (χ4v) is 3.67. The molecule has 1 aromatic heterocycles. The molecule has 3 N–H and O–H groups in total. The normalized spacial score (nSPS) is 21.2.